The molecule has 27 heavy (non-hydrogen) atoms. The lowest BCUT2D eigenvalue weighted by Crippen LogP contribution is -2.23. The van der Waals surface area contributed by atoms with Crippen molar-refractivity contribution in [3.63, 3.8) is 0 Å². The van der Waals surface area contributed by atoms with E-state index in [1.54, 1.807) is 6.92 Å². The van der Waals surface area contributed by atoms with Crippen molar-refractivity contribution in [3.05, 3.63) is 70.8 Å². The summed E-state index contributed by atoms with van der Waals surface area (Å²) in [5.74, 6) is 0.0703. The zero-order chi connectivity index (χ0) is 19.4. The summed E-state index contributed by atoms with van der Waals surface area (Å²) in [6.07, 6.45) is 0. The molecule has 0 unspecified atom stereocenters. The Morgan fingerprint density at radius 3 is 2.70 bits per heavy atom. The molecule has 3 rings (SSSR count). The van der Waals surface area contributed by atoms with Crippen molar-refractivity contribution < 1.29 is 9.18 Å². The number of benzene rings is 2. The molecule has 0 spiro atoms. The van der Waals surface area contributed by atoms with E-state index in [-0.39, 0.29) is 10.9 Å². The van der Waals surface area contributed by atoms with Gasteiger partial charge in [0.15, 0.2) is 5.16 Å². The third-order valence-electron chi connectivity index (χ3n) is 3.93. The summed E-state index contributed by atoms with van der Waals surface area (Å²) >= 11 is 7.28. The average Bonchev–Trinajstić information content (AvgIpc) is 2.98. The van der Waals surface area contributed by atoms with E-state index in [9.17, 15) is 9.18 Å². The molecule has 3 aromatic rings. The third kappa shape index (κ3) is 4.87. The number of aromatic nitrogens is 3. The molecule has 5 nitrogen and oxygen atoms in total. The first-order valence-corrected chi connectivity index (χ1v) is 9.56. The molecular weight excluding hydrogens is 387 g/mol. The zero-order valence-electron chi connectivity index (χ0n) is 14.8. The summed E-state index contributed by atoms with van der Waals surface area (Å²) in [4.78, 5) is 12.5. The van der Waals surface area contributed by atoms with Crippen LogP contribution in [0.1, 0.15) is 18.3 Å². The second-order valence-electron chi connectivity index (χ2n) is 5.98. The predicted molar refractivity (Wildman–Crippen MR) is 106 cm³/mol. The van der Waals surface area contributed by atoms with E-state index in [2.05, 4.69) is 15.5 Å². The Hall–Kier alpha value is -2.38. The summed E-state index contributed by atoms with van der Waals surface area (Å²) in [6, 6.07) is 13.8. The van der Waals surface area contributed by atoms with Crippen LogP contribution in [0.15, 0.2) is 53.7 Å². The number of aryl methyl sites for hydroxylation is 1. The van der Waals surface area contributed by atoms with Crippen molar-refractivity contribution in [2.24, 2.45) is 0 Å². The van der Waals surface area contributed by atoms with Crippen LogP contribution in [0.2, 0.25) is 5.02 Å². The zero-order valence-corrected chi connectivity index (χ0v) is 16.4. The Labute approximate surface area is 166 Å². The van der Waals surface area contributed by atoms with E-state index in [0.29, 0.717) is 17.4 Å². The first-order chi connectivity index (χ1) is 12.9. The van der Waals surface area contributed by atoms with Crippen molar-refractivity contribution in [3.8, 4) is 0 Å². The third-order valence-corrected chi connectivity index (χ3v) is 5.32. The minimum Gasteiger partial charge on any atom is -0.324 e. The van der Waals surface area contributed by atoms with Crippen molar-refractivity contribution >= 4 is 35.0 Å². The van der Waals surface area contributed by atoms with Gasteiger partial charge < -0.3 is 9.88 Å². The van der Waals surface area contributed by atoms with Crippen molar-refractivity contribution in [1.29, 1.82) is 0 Å². The normalized spacial score (nSPS) is 12.0. The minimum absolute atomic E-state index is 0.156. The largest absolute Gasteiger partial charge is 0.324 e. The van der Waals surface area contributed by atoms with Crippen LogP contribution in [0, 0.1) is 12.7 Å². The van der Waals surface area contributed by atoms with Gasteiger partial charge in [0.25, 0.3) is 0 Å². The first kappa shape index (κ1) is 19.4. The van der Waals surface area contributed by atoms with Crippen LogP contribution in [0.5, 0.6) is 0 Å². The Kier molecular flexibility index (Phi) is 6.13. The topological polar surface area (TPSA) is 59.8 Å². The summed E-state index contributed by atoms with van der Waals surface area (Å²) in [6.45, 7) is 4.28. The summed E-state index contributed by atoms with van der Waals surface area (Å²) < 4.78 is 15.1. The van der Waals surface area contributed by atoms with Gasteiger partial charge in [-0.2, -0.15) is 0 Å². The minimum atomic E-state index is -0.454. The van der Waals surface area contributed by atoms with Crippen LogP contribution in [-0.2, 0) is 11.3 Å². The van der Waals surface area contributed by atoms with E-state index in [1.807, 2.05) is 41.8 Å². The van der Waals surface area contributed by atoms with Gasteiger partial charge >= 0.3 is 0 Å². The van der Waals surface area contributed by atoms with Crippen LogP contribution in [0.4, 0.5) is 10.1 Å². The number of nitrogens with one attached hydrogen (secondary N) is 1. The van der Waals surface area contributed by atoms with Crippen LogP contribution in [-0.4, -0.2) is 25.9 Å². The second-order valence-corrected chi connectivity index (χ2v) is 7.69. The number of rotatable bonds is 6. The maximum absolute atomic E-state index is 13.1. The molecule has 0 saturated heterocycles. The summed E-state index contributed by atoms with van der Waals surface area (Å²) in [7, 11) is 0. The van der Waals surface area contributed by atoms with E-state index in [4.69, 9.17) is 11.6 Å². The van der Waals surface area contributed by atoms with Crippen LogP contribution in [0.25, 0.3) is 0 Å². The molecule has 0 aliphatic rings. The number of nitrogens with zero attached hydrogens (tertiary/aromatic N) is 3. The maximum atomic E-state index is 13.1. The quantitative estimate of drug-likeness (QED) is 0.612. The monoisotopic (exact) mass is 404 g/mol. The Morgan fingerprint density at radius 2 is 2.00 bits per heavy atom. The van der Waals surface area contributed by atoms with Crippen molar-refractivity contribution in [2.75, 3.05) is 5.32 Å². The molecule has 0 fully saturated rings. The highest BCUT2D eigenvalue weighted by Crippen LogP contribution is 2.26. The molecule has 1 aromatic heterocycles. The fourth-order valence-electron chi connectivity index (χ4n) is 2.43. The lowest BCUT2D eigenvalue weighted by atomic mass is 10.2. The number of halogens is 2. The molecule has 1 N–H and O–H groups in total. The van der Waals surface area contributed by atoms with E-state index >= 15 is 0 Å². The Bertz CT molecular complexity index is 948. The molecule has 0 radical (unpaired) electrons. The van der Waals surface area contributed by atoms with Gasteiger partial charge in [0.1, 0.15) is 11.6 Å². The fourth-order valence-corrected chi connectivity index (χ4v) is 3.54. The number of amides is 1. The molecule has 1 atom stereocenters. The highest BCUT2D eigenvalue weighted by Gasteiger charge is 2.20. The van der Waals surface area contributed by atoms with Gasteiger partial charge in [-0.05, 0) is 37.6 Å². The number of carbonyl (C=O) groups is 1. The lowest BCUT2D eigenvalue weighted by Gasteiger charge is -2.14. The van der Waals surface area contributed by atoms with Gasteiger partial charge in [0, 0.05) is 0 Å². The van der Waals surface area contributed by atoms with Gasteiger partial charge in [-0.3, -0.25) is 4.79 Å². The van der Waals surface area contributed by atoms with Gasteiger partial charge in [-0.1, -0.05) is 53.7 Å². The first-order valence-electron chi connectivity index (χ1n) is 8.30. The SMILES string of the molecule is Cc1nnc(S[C@@H](C)C(=O)Nc2ccc(F)cc2Cl)n1Cc1ccccc1. The molecule has 0 aliphatic carbocycles. The van der Waals surface area contributed by atoms with E-state index in [0.717, 1.165) is 17.5 Å². The van der Waals surface area contributed by atoms with Crippen molar-refractivity contribution in [1.82, 2.24) is 14.8 Å². The number of carbonyl (C=O) groups excluding carboxylic acids is 1. The summed E-state index contributed by atoms with van der Waals surface area (Å²) in [5.41, 5.74) is 1.50. The van der Waals surface area contributed by atoms with Gasteiger partial charge in [-0.15, -0.1) is 10.2 Å². The number of thioether (sulfide) groups is 1. The number of hydrogen-bond donors (Lipinski definition) is 1. The maximum Gasteiger partial charge on any atom is 0.237 e. The standard InChI is InChI=1S/C19H18ClFN4OS/c1-12(18(26)22-17-9-8-15(21)10-16(17)20)27-19-24-23-13(2)25(19)11-14-6-4-3-5-7-14/h3-10,12H,11H2,1-2H3,(H,22,26)/t12-/m0/s1. The molecule has 0 bridgehead atoms. The molecule has 140 valence electrons. The predicted octanol–water partition coefficient (Wildman–Crippen LogP) is 4.55. The Morgan fingerprint density at radius 1 is 1.26 bits per heavy atom. The van der Waals surface area contributed by atoms with E-state index < -0.39 is 11.1 Å². The highest BCUT2D eigenvalue weighted by atomic mass is 35.5. The lowest BCUT2D eigenvalue weighted by molar-refractivity contribution is -0.115. The van der Waals surface area contributed by atoms with Crippen LogP contribution < -0.4 is 5.32 Å². The number of hydrogen-bond acceptors (Lipinski definition) is 4. The molecule has 0 aliphatic heterocycles. The van der Waals surface area contributed by atoms with Gasteiger partial charge in [0.05, 0.1) is 22.5 Å². The molecule has 0 saturated carbocycles. The molecule has 2 aromatic carbocycles. The van der Waals surface area contributed by atoms with Crippen LogP contribution >= 0.6 is 23.4 Å². The van der Waals surface area contributed by atoms with E-state index in [1.165, 1.54) is 23.9 Å². The van der Waals surface area contributed by atoms with Crippen molar-refractivity contribution in [2.45, 2.75) is 30.8 Å². The smallest absolute Gasteiger partial charge is 0.237 e. The molecule has 1 amide bonds. The van der Waals surface area contributed by atoms with Crippen LogP contribution in [0.3, 0.4) is 0 Å². The highest BCUT2D eigenvalue weighted by molar-refractivity contribution is 8.00. The van der Waals surface area contributed by atoms with Gasteiger partial charge in [0.2, 0.25) is 5.91 Å². The number of anilines is 1. The molecule has 8 heteroatoms. The summed E-state index contributed by atoms with van der Waals surface area (Å²) in [5, 5.41) is 11.4. The molecular formula is C19H18ClFN4OS. The fraction of sp³-hybridized carbons (Fsp3) is 0.211. The second kappa shape index (κ2) is 8.54. The Balaban J connectivity index is 1.70. The average molecular weight is 405 g/mol. The van der Waals surface area contributed by atoms with Gasteiger partial charge in [-0.25, -0.2) is 4.39 Å². The molecule has 1 heterocycles.